The summed E-state index contributed by atoms with van der Waals surface area (Å²) in [5, 5.41) is 2.95. The summed E-state index contributed by atoms with van der Waals surface area (Å²) < 4.78 is 0. The lowest BCUT2D eigenvalue weighted by molar-refractivity contribution is -0.143. The van der Waals surface area contributed by atoms with Gasteiger partial charge in [0.25, 0.3) is 0 Å². The molecule has 1 heterocycles. The van der Waals surface area contributed by atoms with Crippen LogP contribution in [0.3, 0.4) is 0 Å². The lowest BCUT2D eigenvalue weighted by Gasteiger charge is -2.44. The van der Waals surface area contributed by atoms with Crippen LogP contribution in [0, 0.1) is 5.41 Å². The molecule has 12 heavy (non-hydrogen) atoms. The molecule has 70 valence electrons. The van der Waals surface area contributed by atoms with Crippen molar-refractivity contribution in [1.29, 1.82) is 0 Å². The van der Waals surface area contributed by atoms with Crippen molar-refractivity contribution in [2.24, 2.45) is 5.41 Å². The third kappa shape index (κ3) is 1.62. The average molecular weight is 169 g/mol. The Morgan fingerprint density at radius 3 is 2.50 bits per heavy atom. The van der Waals surface area contributed by atoms with Gasteiger partial charge in [0, 0.05) is 6.04 Å². The van der Waals surface area contributed by atoms with Gasteiger partial charge < -0.3 is 5.32 Å². The maximum absolute atomic E-state index is 11.1. The van der Waals surface area contributed by atoms with Gasteiger partial charge in [-0.1, -0.05) is 26.2 Å². The Morgan fingerprint density at radius 1 is 1.42 bits per heavy atom. The summed E-state index contributed by atoms with van der Waals surface area (Å²) in [6.07, 6.45) is 4.92. The maximum atomic E-state index is 11.1. The molecule has 1 amide bonds. The van der Waals surface area contributed by atoms with Gasteiger partial charge in [0.2, 0.25) is 5.91 Å². The molecule has 1 saturated heterocycles. The monoisotopic (exact) mass is 169 g/mol. The number of carbonyl (C=O) groups is 1. The Labute approximate surface area is 74.7 Å². The fourth-order valence-electron chi connectivity index (χ4n) is 1.64. The van der Waals surface area contributed by atoms with E-state index in [-0.39, 0.29) is 11.3 Å². The zero-order valence-electron chi connectivity index (χ0n) is 8.31. The highest BCUT2D eigenvalue weighted by Gasteiger charge is 2.46. The van der Waals surface area contributed by atoms with Gasteiger partial charge in [-0.05, 0) is 20.3 Å². The largest absolute Gasteiger partial charge is 0.352 e. The maximum Gasteiger partial charge on any atom is 0.227 e. The quantitative estimate of drug-likeness (QED) is 0.506. The molecule has 1 fully saturated rings. The van der Waals surface area contributed by atoms with Gasteiger partial charge in [-0.15, -0.1) is 0 Å². The van der Waals surface area contributed by atoms with E-state index in [9.17, 15) is 4.79 Å². The number of rotatable bonds is 4. The first-order valence-corrected chi connectivity index (χ1v) is 4.90. The van der Waals surface area contributed by atoms with E-state index < -0.39 is 0 Å². The van der Waals surface area contributed by atoms with Crippen molar-refractivity contribution in [1.82, 2.24) is 5.32 Å². The van der Waals surface area contributed by atoms with Gasteiger partial charge in [-0.2, -0.15) is 0 Å². The van der Waals surface area contributed by atoms with E-state index in [0.29, 0.717) is 6.04 Å². The first-order chi connectivity index (χ1) is 5.59. The van der Waals surface area contributed by atoms with E-state index in [1.165, 1.54) is 19.3 Å². The summed E-state index contributed by atoms with van der Waals surface area (Å²) in [5.41, 5.74) is -0.103. The summed E-state index contributed by atoms with van der Waals surface area (Å²) in [4.78, 5) is 11.1. The number of carbonyl (C=O) groups excluding carboxylic acids is 1. The summed E-state index contributed by atoms with van der Waals surface area (Å²) >= 11 is 0. The van der Waals surface area contributed by atoms with Crippen molar-refractivity contribution in [2.75, 3.05) is 0 Å². The minimum absolute atomic E-state index is 0.103. The fourth-order valence-corrected chi connectivity index (χ4v) is 1.64. The topological polar surface area (TPSA) is 29.1 Å². The Morgan fingerprint density at radius 2 is 2.08 bits per heavy atom. The highest BCUT2D eigenvalue weighted by atomic mass is 16.2. The molecular formula is C10H19NO. The molecule has 1 atom stereocenters. The Hall–Kier alpha value is -0.530. The van der Waals surface area contributed by atoms with Crippen LogP contribution in [0.15, 0.2) is 0 Å². The summed E-state index contributed by atoms with van der Waals surface area (Å²) in [6.45, 7) is 6.26. The van der Waals surface area contributed by atoms with Gasteiger partial charge in [-0.25, -0.2) is 0 Å². The molecule has 0 saturated carbocycles. The van der Waals surface area contributed by atoms with Crippen LogP contribution >= 0.6 is 0 Å². The predicted molar refractivity (Wildman–Crippen MR) is 49.9 cm³/mol. The van der Waals surface area contributed by atoms with E-state index in [0.717, 1.165) is 6.42 Å². The van der Waals surface area contributed by atoms with Gasteiger partial charge >= 0.3 is 0 Å². The smallest absolute Gasteiger partial charge is 0.227 e. The lowest BCUT2D eigenvalue weighted by Crippen LogP contribution is -2.64. The van der Waals surface area contributed by atoms with Crippen LogP contribution < -0.4 is 5.32 Å². The molecule has 0 bridgehead atoms. The summed E-state index contributed by atoms with van der Waals surface area (Å²) in [5.74, 6) is 0.212. The minimum Gasteiger partial charge on any atom is -0.352 e. The van der Waals surface area contributed by atoms with Gasteiger partial charge in [0.1, 0.15) is 0 Å². The average Bonchev–Trinajstić information content (AvgIpc) is 2.04. The molecule has 1 N–H and O–H groups in total. The zero-order chi connectivity index (χ0) is 9.19. The first kappa shape index (κ1) is 9.56. The van der Waals surface area contributed by atoms with E-state index in [1.807, 2.05) is 13.8 Å². The van der Waals surface area contributed by atoms with Crippen molar-refractivity contribution in [3.63, 3.8) is 0 Å². The second-order valence-electron chi connectivity index (χ2n) is 4.24. The van der Waals surface area contributed by atoms with E-state index in [4.69, 9.17) is 0 Å². The number of hydrogen-bond acceptors (Lipinski definition) is 1. The van der Waals surface area contributed by atoms with Crippen LogP contribution in [0.4, 0.5) is 0 Å². The standard InChI is InChI=1S/C10H19NO/c1-4-5-6-7-8-10(2,3)9(12)11-8/h8H,4-7H2,1-3H3,(H,11,12). The Kier molecular flexibility index (Phi) is 2.76. The third-order valence-corrected chi connectivity index (χ3v) is 2.86. The second-order valence-corrected chi connectivity index (χ2v) is 4.24. The number of unbranched alkanes of at least 4 members (excludes halogenated alkanes) is 2. The molecule has 0 aromatic rings. The Bertz CT molecular complexity index is 175. The van der Waals surface area contributed by atoms with Gasteiger partial charge in [0.15, 0.2) is 0 Å². The van der Waals surface area contributed by atoms with Crippen molar-refractivity contribution >= 4 is 5.91 Å². The molecule has 1 rings (SSSR count). The second kappa shape index (κ2) is 3.46. The van der Waals surface area contributed by atoms with Crippen LogP contribution in [-0.2, 0) is 4.79 Å². The normalized spacial score (nSPS) is 26.2. The van der Waals surface area contributed by atoms with E-state index in [1.54, 1.807) is 0 Å². The molecule has 1 aliphatic heterocycles. The van der Waals surface area contributed by atoms with Gasteiger partial charge in [0.05, 0.1) is 5.41 Å². The molecule has 1 unspecified atom stereocenters. The summed E-state index contributed by atoms with van der Waals surface area (Å²) in [6, 6.07) is 0.427. The lowest BCUT2D eigenvalue weighted by atomic mass is 9.74. The predicted octanol–water partition coefficient (Wildman–Crippen LogP) is 2.09. The fraction of sp³-hybridized carbons (Fsp3) is 0.900. The van der Waals surface area contributed by atoms with Crippen LogP contribution in [0.2, 0.25) is 0 Å². The highest BCUT2D eigenvalue weighted by molar-refractivity contribution is 5.89. The van der Waals surface area contributed by atoms with Crippen molar-refractivity contribution in [3.05, 3.63) is 0 Å². The molecule has 0 aromatic heterocycles. The molecule has 0 radical (unpaired) electrons. The molecule has 0 spiro atoms. The van der Waals surface area contributed by atoms with Crippen LogP contribution in [0.5, 0.6) is 0 Å². The summed E-state index contributed by atoms with van der Waals surface area (Å²) in [7, 11) is 0. The Balaban J connectivity index is 2.23. The minimum atomic E-state index is -0.103. The van der Waals surface area contributed by atoms with Crippen molar-refractivity contribution < 1.29 is 4.79 Å². The molecule has 2 nitrogen and oxygen atoms in total. The number of hydrogen-bond donors (Lipinski definition) is 1. The van der Waals surface area contributed by atoms with Crippen LogP contribution in [-0.4, -0.2) is 11.9 Å². The zero-order valence-corrected chi connectivity index (χ0v) is 8.31. The molecule has 1 aliphatic rings. The van der Waals surface area contributed by atoms with E-state index >= 15 is 0 Å². The number of nitrogens with one attached hydrogen (secondary N) is 1. The van der Waals surface area contributed by atoms with Crippen molar-refractivity contribution in [2.45, 2.75) is 52.5 Å². The molecular weight excluding hydrogens is 150 g/mol. The highest BCUT2D eigenvalue weighted by Crippen LogP contribution is 2.32. The van der Waals surface area contributed by atoms with Crippen molar-refractivity contribution in [3.8, 4) is 0 Å². The molecule has 0 aromatic carbocycles. The number of β-lactam (4-membered cyclic amide) rings is 1. The molecule has 0 aliphatic carbocycles. The molecule has 2 heteroatoms. The SMILES string of the molecule is CCCCCC1NC(=O)C1(C)C. The first-order valence-electron chi connectivity index (χ1n) is 4.90. The third-order valence-electron chi connectivity index (χ3n) is 2.86. The van der Waals surface area contributed by atoms with Crippen LogP contribution in [0.25, 0.3) is 0 Å². The number of amides is 1. The van der Waals surface area contributed by atoms with Crippen LogP contribution in [0.1, 0.15) is 46.5 Å². The van der Waals surface area contributed by atoms with Gasteiger partial charge in [-0.3, -0.25) is 4.79 Å². The van der Waals surface area contributed by atoms with E-state index in [2.05, 4.69) is 12.2 Å².